The topological polar surface area (TPSA) is 73.6 Å². The van der Waals surface area contributed by atoms with Crippen molar-refractivity contribution in [2.24, 2.45) is 5.73 Å². The van der Waals surface area contributed by atoms with Gasteiger partial charge in [-0.1, -0.05) is 19.4 Å². The lowest BCUT2D eigenvalue weighted by Crippen LogP contribution is -2.40. The fourth-order valence-electron chi connectivity index (χ4n) is 1.96. The molecule has 1 amide bonds. The molecule has 0 saturated carbocycles. The van der Waals surface area contributed by atoms with Crippen LogP contribution in [0.25, 0.3) is 0 Å². The summed E-state index contributed by atoms with van der Waals surface area (Å²) < 4.78 is 10.9. The third kappa shape index (κ3) is 3.61. The zero-order valence-corrected chi connectivity index (χ0v) is 11.1. The Balaban J connectivity index is 1.91. The number of nitrogens with one attached hydrogen (secondary N) is 1. The summed E-state index contributed by atoms with van der Waals surface area (Å²) in [5.74, 6) is 1.37. The number of hydrogen-bond donors (Lipinski definition) is 2. The van der Waals surface area contributed by atoms with Crippen molar-refractivity contribution in [2.75, 3.05) is 13.2 Å². The first-order valence-corrected chi connectivity index (χ1v) is 6.62. The second-order valence-electron chi connectivity index (χ2n) is 4.59. The summed E-state index contributed by atoms with van der Waals surface area (Å²) in [6.07, 6.45) is 1.60. The summed E-state index contributed by atoms with van der Waals surface area (Å²) >= 11 is 0. The minimum atomic E-state index is -0.429. The quantitative estimate of drug-likeness (QED) is 0.838. The van der Waals surface area contributed by atoms with E-state index in [0.29, 0.717) is 26.2 Å². The van der Waals surface area contributed by atoms with Gasteiger partial charge < -0.3 is 20.5 Å². The Kier molecular flexibility index (Phi) is 4.63. The maximum absolute atomic E-state index is 11.7. The second-order valence-corrected chi connectivity index (χ2v) is 4.59. The van der Waals surface area contributed by atoms with E-state index in [2.05, 4.69) is 5.32 Å². The van der Waals surface area contributed by atoms with E-state index in [-0.39, 0.29) is 5.91 Å². The van der Waals surface area contributed by atoms with Crippen molar-refractivity contribution in [2.45, 2.75) is 32.4 Å². The van der Waals surface area contributed by atoms with Crippen molar-refractivity contribution in [1.29, 1.82) is 0 Å². The molecule has 1 heterocycles. The lowest BCUT2D eigenvalue weighted by atomic mass is 10.1. The van der Waals surface area contributed by atoms with Crippen molar-refractivity contribution in [3.8, 4) is 11.5 Å². The van der Waals surface area contributed by atoms with E-state index in [1.807, 2.05) is 25.1 Å². The van der Waals surface area contributed by atoms with Crippen LogP contribution in [0.15, 0.2) is 18.2 Å². The smallest absolute Gasteiger partial charge is 0.237 e. The lowest BCUT2D eigenvalue weighted by Gasteiger charge is -2.19. The summed E-state index contributed by atoms with van der Waals surface area (Å²) in [4.78, 5) is 11.7. The first kappa shape index (κ1) is 13.7. The molecule has 2 rings (SSSR count). The Hall–Kier alpha value is -1.75. The molecule has 104 valence electrons. The molecule has 0 bridgehead atoms. The molecule has 0 radical (unpaired) electrons. The molecule has 1 aromatic carbocycles. The molecule has 0 aliphatic carbocycles. The zero-order chi connectivity index (χ0) is 13.7. The van der Waals surface area contributed by atoms with E-state index >= 15 is 0 Å². The van der Waals surface area contributed by atoms with E-state index < -0.39 is 6.04 Å². The van der Waals surface area contributed by atoms with Crippen LogP contribution in [0, 0.1) is 0 Å². The minimum absolute atomic E-state index is 0.114. The molecule has 0 aromatic heterocycles. The largest absolute Gasteiger partial charge is 0.486 e. The third-order valence-corrected chi connectivity index (χ3v) is 3.01. The Labute approximate surface area is 113 Å². The van der Waals surface area contributed by atoms with Gasteiger partial charge in [-0.25, -0.2) is 0 Å². The minimum Gasteiger partial charge on any atom is -0.486 e. The van der Waals surface area contributed by atoms with Crippen molar-refractivity contribution in [1.82, 2.24) is 5.32 Å². The first-order valence-electron chi connectivity index (χ1n) is 6.62. The van der Waals surface area contributed by atoms with Gasteiger partial charge in [-0.05, 0) is 24.1 Å². The number of rotatable bonds is 5. The molecular weight excluding hydrogens is 244 g/mol. The molecule has 0 spiro atoms. The first-order chi connectivity index (χ1) is 9.20. The summed E-state index contributed by atoms with van der Waals surface area (Å²) in [6.45, 7) is 3.60. The SMILES string of the molecule is CCC[C@H](N)C(=O)NCc1ccc2c(c1)OCCO2. The van der Waals surface area contributed by atoms with E-state index in [1.165, 1.54) is 0 Å². The Morgan fingerprint density at radius 1 is 1.37 bits per heavy atom. The molecule has 1 atom stereocenters. The number of amides is 1. The maximum Gasteiger partial charge on any atom is 0.237 e. The van der Waals surface area contributed by atoms with Gasteiger partial charge >= 0.3 is 0 Å². The highest BCUT2D eigenvalue weighted by molar-refractivity contribution is 5.81. The number of benzene rings is 1. The van der Waals surface area contributed by atoms with Gasteiger partial charge in [0.15, 0.2) is 11.5 Å². The van der Waals surface area contributed by atoms with E-state index in [1.54, 1.807) is 0 Å². The van der Waals surface area contributed by atoms with Crippen LogP contribution in [-0.4, -0.2) is 25.2 Å². The molecule has 0 fully saturated rings. The zero-order valence-electron chi connectivity index (χ0n) is 11.1. The van der Waals surface area contributed by atoms with Gasteiger partial charge in [-0.15, -0.1) is 0 Å². The van der Waals surface area contributed by atoms with Crippen LogP contribution in [-0.2, 0) is 11.3 Å². The number of fused-ring (bicyclic) bond motifs is 1. The van der Waals surface area contributed by atoms with Crippen molar-refractivity contribution in [3.63, 3.8) is 0 Å². The molecule has 1 aromatic rings. The molecule has 5 heteroatoms. The maximum atomic E-state index is 11.7. The van der Waals surface area contributed by atoms with Gasteiger partial charge in [-0.2, -0.15) is 0 Å². The van der Waals surface area contributed by atoms with E-state index in [4.69, 9.17) is 15.2 Å². The highest BCUT2D eigenvalue weighted by Crippen LogP contribution is 2.30. The van der Waals surface area contributed by atoms with Gasteiger partial charge in [0.25, 0.3) is 0 Å². The van der Waals surface area contributed by atoms with Crippen molar-refractivity contribution >= 4 is 5.91 Å². The molecular formula is C14H20N2O3. The van der Waals surface area contributed by atoms with Crippen molar-refractivity contribution in [3.05, 3.63) is 23.8 Å². The molecule has 19 heavy (non-hydrogen) atoms. The summed E-state index contributed by atoms with van der Waals surface area (Å²) in [5.41, 5.74) is 6.72. The van der Waals surface area contributed by atoms with Gasteiger partial charge in [0, 0.05) is 6.54 Å². The standard InChI is InChI=1S/C14H20N2O3/c1-2-3-11(15)14(17)16-9-10-4-5-12-13(8-10)19-7-6-18-12/h4-5,8,11H,2-3,6-7,9,15H2,1H3,(H,16,17)/t11-/m0/s1. The van der Waals surface area contributed by atoms with Crippen LogP contribution in [0.1, 0.15) is 25.3 Å². The molecule has 1 aliphatic heterocycles. The predicted octanol–water partition coefficient (Wildman–Crippen LogP) is 1.20. The highest BCUT2D eigenvalue weighted by Gasteiger charge is 2.14. The molecule has 0 unspecified atom stereocenters. The van der Waals surface area contributed by atoms with Crippen LogP contribution >= 0.6 is 0 Å². The summed E-state index contributed by atoms with van der Waals surface area (Å²) in [5, 5.41) is 2.83. The number of ether oxygens (including phenoxy) is 2. The summed E-state index contributed by atoms with van der Waals surface area (Å²) in [6, 6.07) is 5.24. The normalized spacial score (nSPS) is 14.8. The molecule has 3 N–H and O–H groups in total. The van der Waals surface area contributed by atoms with Gasteiger partial charge in [0.2, 0.25) is 5.91 Å². The van der Waals surface area contributed by atoms with Crippen LogP contribution in [0.3, 0.4) is 0 Å². The Bertz CT molecular complexity index is 448. The number of carbonyl (C=O) groups is 1. The fraction of sp³-hybridized carbons (Fsp3) is 0.500. The molecule has 5 nitrogen and oxygen atoms in total. The molecule has 0 saturated heterocycles. The van der Waals surface area contributed by atoms with Crippen LogP contribution in [0.4, 0.5) is 0 Å². The third-order valence-electron chi connectivity index (χ3n) is 3.01. The Morgan fingerprint density at radius 2 is 2.11 bits per heavy atom. The van der Waals surface area contributed by atoms with Crippen LogP contribution < -0.4 is 20.5 Å². The summed E-state index contributed by atoms with van der Waals surface area (Å²) in [7, 11) is 0. The number of hydrogen-bond acceptors (Lipinski definition) is 4. The number of nitrogens with two attached hydrogens (primary N) is 1. The monoisotopic (exact) mass is 264 g/mol. The fourth-order valence-corrected chi connectivity index (χ4v) is 1.96. The Morgan fingerprint density at radius 3 is 2.84 bits per heavy atom. The van der Waals surface area contributed by atoms with Gasteiger partial charge in [0.1, 0.15) is 13.2 Å². The lowest BCUT2D eigenvalue weighted by molar-refractivity contribution is -0.122. The van der Waals surface area contributed by atoms with Gasteiger partial charge in [-0.3, -0.25) is 4.79 Å². The van der Waals surface area contributed by atoms with E-state index in [9.17, 15) is 4.79 Å². The van der Waals surface area contributed by atoms with Crippen molar-refractivity contribution < 1.29 is 14.3 Å². The second kappa shape index (κ2) is 6.43. The predicted molar refractivity (Wildman–Crippen MR) is 72.2 cm³/mol. The number of carbonyl (C=O) groups excluding carboxylic acids is 1. The average Bonchev–Trinajstić information content (AvgIpc) is 2.44. The van der Waals surface area contributed by atoms with Gasteiger partial charge in [0.05, 0.1) is 6.04 Å². The molecule has 1 aliphatic rings. The highest BCUT2D eigenvalue weighted by atomic mass is 16.6. The van der Waals surface area contributed by atoms with Crippen LogP contribution in [0.2, 0.25) is 0 Å². The average molecular weight is 264 g/mol. The van der Waals surface area contributed by atoms with Crippen LogP contribution in [0.5, 0.6) is 11.5 Å². The van der Waals surface area contributed by atoms with E-state index in [0.717, 1.165) is 23.5 Å².